The van der Waals surface area contributed by atoms with Crippen molar-refractivity contribution in [2.45, 2.75) is 29.5 Å². The number of rotatable bonds is 8. The van der Waals surface area contributed by atoms with Gasteiger partial charge < -0.3 is 14.8 Å². The summed E-state index contributed by atoms with van der Waals surface area (Å²) in [6, 6.07) is 11.5. The Balaban J connectivity index is 1.77. The van der Waals surface area contributed by atoms with E-state index in [1.54, 1.807) is 20.1 Å². The highest BCUT2D eigenvalue weighted by Gasteiger charge is 2.45. The topological polar surface area (TPSA) is 98.8 Å². The molecule has 2 atom stereocenters. The molecule has 1 N–H and O–H groups in total. The molecular weight excluding hydrogens is 426 g/mol. The lowest BCUT2D eigenvalue weighted by Gasteiger charge is -2.20. The summed E-state index contributed by atoms with van der Waals surface area (Å²) >= 11 is 0. The molecule has 2 aromatic rings. The van der Waals surface area contributed by atoms with Crippen LogP contribution in [0, 0.1) is 6.92 Å². The average Bonchev–Trinajstić information content (AvgIpc) is 3.03. The molecule has 30 heavy (non-hydrogen) atoms. The number of sulfone groups is 2. The lowest BCUT2D eigenvalue weighted by atomic mass is 10.1. The van der Waals surface area contributed by atoms with Crippen LogP contribution in [0.2, 0.25) is 0 Å². The van der Waals surface area contributed by atoms with Crippen molar-refractivity contribution >= 4 is 19.7 Å². The van der Waals surface area contributed by atoms with Gasteiger partial charge in [0.2, 0.25) is 0 Å². The number of methoxy groups -OCH3 is 2. The molecular formula is C21H27NO6S2. The second-order valence-corrected chi connectivity index (χ2v) is 11.8. The van der Waals surface area contributed by atoms with Gasteiger partial charge in [-0.1, -0.05) is 12.1 Å². The van der Waals surface area contributed by atoms with E-state index in [1.165, 1.54) is 19.2 Å². The SMILES string of the molecule is COc1cccc(CCN[C@H]2CS(=O)(=O)C[C@@H]2S(=O)(=O)c2ccc(OC)c(C)c2)c1. The highest BCUT2D eigenvalue weighted by atomic mass is 32.2. The van der Waals surface area contributed by atoms with Gasteiger partial charge in [-0.2, -0.15) is 0 Å². The minimum atomic E-state index is -3.83. The molecule has 0 bridgehead atoms. The summed E-state index contributed by atoms with van der Waals surface area (Å²) in [5.74, 6) is 0.758. The van der Waals surface area contributed by atoms with Crippen LogP contribution in [0.5, 0.6) is 11.5 Å². The number of hydrogen-bond acceptors (Lipinski definition) is 7. The third kappa shape index (κ3) is 4.96. The van der Waals surface area contributed by atoms with E-state index in [9.17, 15) is 16.8 Å². The Kier molecular flexibility index (Phi) is 6.74. The van der Waals surface area contributed by atoms with Gasteiger partial charge in [0.25, 0.3) is 0 Å². The molecule has 1 aliphatic heterocycles. The first-order chi connectivity index (χ1) is 14.2. The van der Waals surface area contributed by atoms with Crippen molar-refractivity contribution in [1.82, 2.24) is 5.32 Å². The molecule has 0 aliphatic carbocycles. The summed E-state index contributed by atoms with van der Waals surface area (Å²) in [5.41, 5.74) is 1.70. The summed E-state index contributed by atoms with van der Waals surface area (Å²) < 4.78 is 61.4. The molecule has 2 aromatic carbocycles. The fraction of sp³-hybridized carbons (Fsp3) is 0.429. The summed E-state index contributed by atoms with van der Waals surface area (Å²) in [7, 11) is -4.17. The quantitative estimate of drug-likeness (QED) is 0.650. The predicted molar refractivity (Wildman–Crippen MR) is 116 cm³/mol. The van der Waals surface area contributed by atoms with Crippen LogP contribution in [0.25, 0.3) is 0 Å². The lowest BCUT2D eigenvalue weighted by Crippen LogP contribution is -2.44. The van der Waals surface area contributed by atoms with E-state index in [2.05, 4.69) is 5.32 Å². The molecule has 1 saturated heterocycles. The Morgan fingerprint density at radius 2 is 1.83 bits per heavy atom. The maximum atomic E-state index is 13.2. The summed E-state index contributed by atoms with van der Waals surface area (Å²) in [4.78, 5) is 0.113. The van der Waals surface area contributed by atoms with Gasteiger partial charge in [-0.05, 0) is 61.3 Å². The van der Waals surface area contributed by atoms with Crippen molar-refractivity contribution in [2.24, 2.45) is 0 Å². The van der Waals surface area contributed by atoms with Gasteiger partial charge in [-0.25, -0.2) is 16.8 Å². The Morgan fingerprint density at radius 1 is 1.07 bits per heavy atom. The van der Waals surface area contributed by atoms with Crippen molar-refractivity contribution in [3.05, 3.63) is 53.6 Å². The maximum absolute atomic E-state index is 13.2. The van der Waals surface area contributed by atoms with Crippen LogP contribution >= 0.6 is 0 Å². The van der Waals surface area contributed by atoms with Crippen molar-refractivity contribution in [3.63, 3.8) is 0 Å². The zero-order chi connectivity index (χ0) is 21.9. The van der Waals surface area contributed by atoms with Gasteiger partial charge in [0.05, 0.1) is 35.9 Å². The molecule has 1 aliphatic rings. The normalized spacial score (nSPS) is 20.8. The zero-order valence-corrected chi connectivity index (χ0v) is 18.9. The number of benzene rings is 2. The smallest absolute Gasteiger partial charge is 0.183 e. The Bertz CT molecular complexity index is 1110. The van der Waals surface area contributed by atoms with Crippen LogP contribution in [-0.4, -0.2) is 60.4 Å². The number of hydrogen-bond donors (Lipinski definition) is 1. The number of ether oxygens (including phenoxy) is 2. The van der Waals surface area contributed by atoms with Gasteiger partial charge in [0.15, 0.2) is 19.7 Å². The molecule has 9 heteroatoms. The molecule has 0 spiro atoms. The Labute approximate surface area is 178 Å². The fourth-order valence-electron chi connectivity index (χ4n) is 3.74. The average molecular weight is 454 g/mol. The molecule has 164 valence electrons. The molecule has 7 nitrogen and oxygen atoms in total. The van der Waals surface area contributed by atoms with Gasteiger partial charge in [-0.3, -0.25) is 0 Å². The van der Waals surface area contributed by atoms with Crippen LogP contribution < -0.4 is 14.8 Å². The number of aryl methyl sites for hydroxylation is 1. The van der Waals surface area contributed by atoms with Crippen LogP contribution in [0.4, 0.5) is 0 Å². The van der Waals surface area contributed by atoms with Crippen molar-refractivity contribution in [1.29, 1.82) is 0 Å². The summed E-state index contributed by atoms with van der Waals surface area (Å²) in [6.45, 7) is 2.22. The van der Waals surface area contributed by atoms with Crippen LogP contribution in [0.1, 0.15) is 11.1 Å². The van der Waals surface area contributed by atoms with E-state index in [-0.39, 0.29) is 16.4 Å². The molecule has 0 aromatic heterocycles. The Morgan fingerprint density at radius 3 is 2.50 bits per heavy atom. The van der Waals surface area contributed by atoms with Gasteiger partial charge in [0.1, 0.15) is 11.5 Å². The molecule has 1 heterocycles. The van der Waals surface area contributed by atoms with E-state index in [0.717, 1.165) is 11.3 Å². The second-order valence-electron chi connectivity index (χ2n) is 7.45. The summed E-state index contributed by atoms with van der Waals surface area (Å²) in [6.07, 6.45) is 0.627. The second kappa shape index (κ2) is 8.95. The van der Waals surface area contributed by atoms with E-state index >= 15 is 0 Å². The van der Waals surface area contributed by atoms with Gasteiger partial charge in [-0.15, -0.1) is 0 Å². The first kappa shape index (κ1) is 22.6. The molecule has 0 saturated carbocycles. The predicted octanol–water partition coefficient (Wildman–Crippen LogP) is 1.78. The molecule has 0 unspecified atom stereocenters. The van der Waals surface area contributed by atoms with E-state index in [4.69, 9.17) is 9.47 Å². The van der Waals surface area contributed by atoms with E-state index in [1.807, 2.05) is 24.3 Å². The molecule has 3 rings (SSSR count). The monoisotopic (exact) mass is 453 g/mol. The first-order valence-electron chi connectivity index (χ1n) is 9.61. The third-order valence-corrected chi connectivity index (χ3v) is 9.50. The zero-order valence-electron chi connectivity index (χ0n) is 17.3. The van der Waals surface area contributed by atoms with Gasteiger partial charge in [0, 0.05) is 6.04 Å². The van der Waals surface area contributed by atoms with E-state index in [0.29, 0.717) is 24.3 Å². The van der Waals surface area contributed by atoms with E-state index < -0.39 is 31.0 Å². The molecule has 1 fully saturated rings. The van der Waals surface area contributed by atoms with Gasteiger partial charge >= 0.3 is 0 Å². The van der Waals surface area contributed by atoms with Crippen molar-refractivity contribution in [2.75, 3.05) is 32.3 Å². The molecule has 0 radical (unpaired) electrons. The highest BCUT2D eigenvalue weighted by molar-refractivity contribution is 7.96. The minimum Gasteiger partial charge on any atom is -0.497 e. The third-order valence-electron chi connectivity index (χ3n) is 5.35. The van der Waals surface area contributed by atoms with Crippen molar-refractivity contribution in [3.8, 4) is 11.5 Å². The summed E-state index contributed by atoms with van der Waals surface area (Å²) in [5, 5.41) is 2.14. The van der Waals surface area contributed by atoms with Crippen LogP contribution in [0.3, 0.4) is 0 Å². The largest absolute Gasteiger partial charge is 0.497 e. The van der Waals surface area contributed by atoms with Crippen LogP contribution in [0.15, 0.2) is 47.4 Å². The van der Waals surface area contributed by atoms with Crippen molar-refractivity contribution < 1.29 is 26.3 Å². The van der Waals surface area contributed by atoms with Crippen LogP contribution in [-0.2, 0) is 26.1 Å². The minimum absolute atomic E-state index is 0.113. The Hall–Kier alpha value is -2.10. The fourth-order valence-corrected chi connectivity index (χ4v) is 8.54. The maximum Gasteiger partial charge on any atom is 0.183 e. The molecule has 0 amide bonds. The standard InChI is InChI=1S/C21H27NO6S2/c1-15-11-18(7-8-20(15)28-3)30(25,26)21-14-29(23,24)13-19(21)22-10-9-16-5-4-6-17(12-16)27-2/h4-8,11-12,19,21-22H,9-10,13-14H2,1-3H3/t19-,21-/m0/s1. The number of nitrogens with one attached hydrogen (secondary N) is 1. The highest BCUT2D eigenvalue weighted by Crippen LogP contribution is 2.29. The lowest BCUT2D eigenvalue weighted by molar-refractivity contribution is 0.411. The first-order valence-corrected chi connectivity index (χ1v) is 13.0.